The van der Waals surface area contributed by atoms with Crippen molar-refractivity contribution >= 4 is 11.9 Å². The predicted molar refractivity (Wildman–Crippen MR) is 329 cm³/mol. The van der Waals surface area contributed by atoms with E-state index in [4.69, 9.17) is 4.74 Å². The standard InChI is InChI=1S/C69H133NO5/c1-3-5-7-9-11-13-15-16-17-18-29-33-36-39-43-47-51-55-59-63-69(74)75-64-60-56-52-48-44-40-37-34-31-28-26-24-22-20-19-21-23-25-27-30-32-35-38-42-46-50-54-58-62-68(73)70-66(65-71)67(72)61-57-53-49-45-41-14-12-10-8-6-4-2/h16-17,57,61,66-67,71-72H,3-15,18-56,58-60,62-65H2,1-2H3,(H,70,73)/b17-16-,61-57+. The van der Waals surface area contributed by atoms with Crippen molar-refractivity contribution in [3.8, 4) is 0 Å². The van der Waals surface area contributed by atoms with Crippen LogP contribution in [0.2, 0.25) is 0 Å². The minimum absolute atomic E-state index is 0.0185. The Hall–Kier alpha value is -1.66. The van der Waals surface area contributed by atoms with Crippen LogP contribution in [0, 0.1) is 0 Å². The molecule has 3 N–H and O–H groups in total. The number of nitrogens with one attached hydrogen (secondary N) is 1. The van der Waals surface area contributed by atoms with Crippen LogP contribution in [-0.2, 0) is 14.3 Å². The van der Waals surface area contributed by atoms with Crippen molar-refractivity contribution in [2.24, 2.45) is 0 Å². The van der Waals surface area contributed by atoms with Crippen LogP contribution in [-0.4, -0.2) is 47.4 Å². The van der Waals surface area contributed by atoms with Gasteiger partial charge in [0, 0.05) is 12.8 Å². The SMILES string of the molecule is CCCCCCCC/C=C\CCCCCCCCCCCC(=O)OCCCCCCCCCCCCCCCCCCCCCCCCCCCCCCC(=O)NC(CO)C(O)/C=C/CCCCCCCCCCC. The summed E-state index contributed by atoms with van der Waals surface area (Å²) in [6.07, 6.45) is 81.2. The molecule has 0 aliphatic heterocycles. The highest BCUT2D eigenvalue weighted by Crippen LogP contribution is 2.18. The summed E-state index contributed by atoms with van der Waals surface area (Å²) in [4.78, 5) is 24.5. The summed E-state index contributed by atoms with van der Waals surface area (Å²) >= 11 is 0. The lowest BCUT2D eigenvalue weighted by molar-refractivity contribution is -0.143. The molecule has 0 aliphatic carbocycles. The third kappa shape index (κ3) is 61.4. The number of unbranched alkanes of at least 4 members (excludes halogenated alkanes) is 51. The van der Waals surface area contributed by atoms with Gasteiger partial charge in [0.25, 0.3) is 0 Å². The second-order valence-electron chi connectivity index (χ2n) is 23.5. The largest absolute Gasteiger partial charge is 0.466 e. The van der Waals surface area contributed by atoms with E-state index in [0.29, 0.717) is 19.4 Å². The average Bonchev–Trinajstić information content (AvgIpc) is 3.41. The monoisotopic (exact) mass is 1060 g/mol. The maximum Gasteiger partial charge on any atom is 0.305 e. The fourth-order valence-corrected chi connectivity index (χ4v) is 10.7. The Morgan fingerprint density at radius 3 is 0.947 bits per heavy atom. The first-order valence-corrected chi connectivity index (χ1v) is 34.1. The summed E-state index contributed by atoms with van der Waals surface area (Å²) in [6, 6.07) is -0.624. The molecule has 0 spiro atoms. The Morgan fingerprint density at radius 2 is 0.627 bits per heavy atom. The lowest BCUT2D eigenvalue weighted by Gasteiger charge is -2.20. The van der Waals surface area contributed by atoms with Crippen LogP contribution >= 0.6 is 0 Å². The topological polar surface area (TPSA) is 95.9 Å². The second-order valence-corrected chi connectivity index (χ2v) is 23.5. The second kappa shape index (κ2) is 64.9. The van der Waals surface area contributed by atoms with Gasteiger partial charge in [-0.3, -0.25) is 9.59 Å². The fraction of sp³-hybridized carbons (Fsp3) is 0.913. The number of allylic oxidation sites excluding steroid dienone is 3. The molecule has 2 unspecified atom stereocenters. The van der Waals surface area contributed by atoms with Gasteiger partial charge < -0.3 is 20.3 Å². The summed E-state index contributed by atoms with van der Waals surface area (Å²) < 4.78 is 5.51. The van der Waals surface area contributed by atoms with E-state index in [1.165, 1.54) is 315 Å². The first kappa shape index (κ1) is 73.3. The van der Waals surface area contributed by atoms with E-state index in [0.717, 1.165) is 38.5 Å². The van der Waals surface area contributed by atoms with E-state index in [1.807, 2.05) is 6.08 Å². The lowest BCUT2D eigenvalue weighted by Crippen LogP contribution is -2.45. The highest BCUT2D eigenvalue weighted by atomic mass is 16.5. The molecule has 1 amide bonds. The van der Waals surface area contributed by atoms with E-state index < -0.39 is 12.1 Å². The number of ether oxygens (including phenoxy) is 1. The molecule has 0 fully saturated rings. The predicted octanol–water partition coefficient (Wildman–Crippen LogP) is 21.8. The van der Waals surface area contributed by atoms with Gasteiger partial charge in [-0.15, -0.1) is 0 Å². The zero-order valence-electron chi connectivity index (χ0n) is 50.8. The number of amides is 1. The molecule has 0 aliphatic rings. The number of aliphatic hydroxyl groups is 2. The van der Waals surface area contributed by atoms with Crippen molar-refractivity contribution in [3.63, 3.8) is 0 Å². The molecule has 0 heterocycles. The Morgan fingerprint density at radius 1 is 0.360 bits per heavy atom. The Balaban J connectivity index is 3.32. The highest BCUT2D eigenvalue weighted by molar-refractivity contribution is 5.76. The first-order chi connectivity index (χ1) is 37.0. The van der Waals surface area contributed by atoms with E-state index in [-0.39, 0.29) is 18.5 Å². The number of hydrogen-bond acceptors (Lipinski definition) is 5. The van der Waals surface area contributed by atoms with E-state index in [2.05, 4.69) is 31.3 Å². The molecule has 0 aromatic heterocycles. The number of hydrogen-bond donors (Lipinski definition) is 3. The molecule has 0 saturated heterocycles. The van der Waals surface area contributed by atoms with Crippen molar-refractivity contribution in [2.75, 3.05) is 13.2 Å². The van der Waals surface area contributed by atoms with Crippen molar-refractivity contribution < 1.29 is 24.5 Å². The number of aliphatic hydroxyl groups excluding tert-OH is 2. The summed E-state index contributed by atoms with van der Waals surface area (Å²) in [5.74, 6) is -0.0461. The van der Waals surface area contributed by atoms with Crippen molar-refractivity contribution in [3.05, 3.63) is 24.3 Å². The summed E-state index contributed by atoms with van der Waals surface area (Å²) in [5.41, 5.74) is 0. The summed E-state index contributed by atoms with van der Waals surface area (Å²) in [5, 5.41) is 23.0. The van der Waals surface area contributed by atoms with Crippen molar-refractivity contribution in [2.45, 2.75) is 392 Å². The molecule has 2 atom stereocenters. The van der Waals surface area contributed by atoms with Crippen LogP contribution in [0.1, 0.15) is 380 Å². The zero-order valence-corrected chi connectivity index (χ0v) is 50.8. The highest BCUT2D eigenvalue weighted by Gasteiger charge is 2.18. The quantitative estimate of drug-likeness (QED) is 0.0320. The molecule has 0 bridgehead atoms. The zero-order chi connectivity index (χ0) is 54.3. The maximum absolute atomic E-state index is 12.4. The molecule has 0 radical (unpaired) electrons. The fourth-order valence-electron chi connectivity index (χ4n) is 10.7. The molecule has 75 heavy (non-hydrogen) atoms. The van der Waals surface area contributed by atoms with E-state index in [9.17, 15) is 19.8 Å². The Kier molecular flexibility index (Phi) is 63.4. The molecule has 0 rings (SSSR count). The normalized spacial score (nSPS) is 12.6. The van der Waals surface area contributed by atoms with E-state index >= 15 is 0 Å². The van der Waals surface area contributed by atoms with Crippen molar-refractivity contribution in [1.82, 2.24) is 5.32 Å². The first-order valence-electron chi connectivity index (χ1n) is 34.1. The van der Waals surface area contributed by atoms with Gasteiger partial charge in [-0.2, -0.15) is 0 Å². The van der Waals surface area contributed by atoms with Crippen LogP contribution in [0.15, 0.2) is 24.3 Å². The minimum Gasteiger partial charge on any atom is -0.466 e. The molecule has 6 nitrogen and oxygen atoms in total. The van der Waals surface area contributed by atoms with Crippen molar-refractivity contribution in [1.29, 1.82) is 0 Å². The number of carbonyl (C=O) groups excluding carboxylic acids is 2. The number of carbonyl (C=O) groups is 2. The van der Waals surface area contributed by atoms with Gasteiger partial charge in [0.2, 0.25) is 5.91 Å². The average molecular weight is 1060 g/mol. The number of esters is 1. The summed E-state index contributed by atoms with van der Waals surface area (Å²) in [7, 11) is 0. The minimum atomic E-state index is -0.840. The van der Waals surface area contributed by atoms with Gasteiger partial charge in [0.15, 0.2) is 0 Å². The molecule has 6 heteroatoms. The van der Waals surface area contributed by atoms with Crippen LogP contribution in [0.3, 0.4) is 0 Å². The summed E-state index contributed by atoms with van der Waals surface area (Å²) in [6.45, 7) is 4.91. The molecular formula is C69H133NO5. The van der Waals surface area contributed by atoms with Gasteiger partial charge in [0.05, 0.1) is 25.4 Å². The smallest absolute Gasteiger partial charge is 0.305 e. The molecule has 444 valence electrons. The van der Waals surface area contributed by atoms with Crippen LogP contribution in [0.5, 0.6) is 0 Å². The van der Waals surface area contributed by atoms with Crippen LogP contribution in [0.4, 0.5) is 0 Å². The molecule has 0 aromatic rings. The molecule has 0 saturated carbocycles. The van der Waals surface area contributed by atoms with Gasteiger partial charge in [0.1, 0.15) is 0 Å². The Labute approximate surface area is 469 Å². The van der Waals surface area contributed by atoms with Gasteiger partial charge in [-0.25, -0.2) is 0 Å². The molecular weight excluding hydrogens is 923 g/mol. The van der Waals surface area contributed by atoms with Gasteiger partial charge >= 0.3 is 5.97 Å². The van der Waals surface area contributed by atoms with Crippen LogP contribution < -0.4 is 5.32 Å². The van der Waals surface area contributed by atoms with Gasteiger partial charge in [-0.05, 0) is 57.8 Å². The van der Waals surface area contributed by atoms with E-state index in [1.54, 1.807) is 6.08 Å². The molecule has 0 aromatic carbocycles. The third-order valence-electron chi connectivity index (χ3n) is 16.0. The Bertz CT molecular complexity index is 1170. The third-order valence-corrected chi connectivity index (χ3v) is 16.0. The van der Waals surface area contributed by atoms with Gasteiger partial charge in [-0.1, -0.05) is 334 Å². The van der Waals surface area contributed by atoms with Crippen LogP contribution in [0.25, 0.3) is 0 Å². The number of rotatable bonds is 64. The maximum atomic E-state index is 12.4. The lowest BCUT2D eigenvalue weighted by atomic mass is 10.0.